The van der Waals surface area contributed by atoms with Gasteiger partial charge in [-0.3, -0.25) is 19.8 Å². The van der Waals surface area contributed by atoms with Crippen molar-refractivity contribution in [2.45, 2.75) is 32.2 Å². The number of carbonyl (C=O) groups is 3. The van der Waals surface area contributed by atoms with Crippen LogP contribution in [0.15, 0.2) is 118 Å². The van der Waals surface area contributed by atoms with E-state index in [0.29, 0.717) is 63.1 Å². The minimum Gasteiger partial charge on any atom is -0.489 e. The van der Waals surface area contributed by atoms with E-state index in [0.717, 1.165) is 17.2 Å². The Balaban J connectivity index is 0.820. The normalized spacial score (nSPS) is 13.2. The third-order valence-electron chi connectivity index (χ3n) is 9.88. The molecule has 67 heavy (non-hydrogen) atoms. The Labute approximate surface area is 389 Å². The van der Waals surface area contributed by atoms with E-state index in [1.807, 2.05) is 36.4 Å². The molecule has 0 bridgehead atoms. The number of rotatable bonds is 22. The van der Waals surface area contributed by atoms with Crippen LogP contribution >= 0.6 is 22.7 Å². The zero-order chi connectivity index (χ0) is 47.2. The number of benzene rings is 4. The lowest BCUT2D eigenvalue weighted by Crippen LogP contribution is -2.30. The predicted molar refractivity (Wildman–Crippen MR) is 247 cm³/mol. The molecule has 0 radical (unpaired) electrons. The van der Waals surface area contributed by atoms with Gasteiger partial charge in [-0.05, 0) is 47.9 Å². The summed E-state index contributed by atoms with van der Waals surface area (Å²) in [6, 6.07) is 24.0. The third-order valence-corrected chi connectivity index (χ3v) is 11.4. The molecule has 1 aliphatic heterocycles. The fourth-order valence-corrected chi connectivity index (χ4v) is 7.79. The maximum Gasteiger partial charge on any atom is 0.419 e. The number of amides is 3. The van der Waals surface area contributed by atoms with Gasteiger partial charge in [0.25, 0.3) is 5.91 Å². The van der Waals surface area contributed by atoms with Gasteiger partial charge < -0.3 is 30.5 Å². The van der Waals surface area contributed by atoms with Crippen molar-refractivity contribution >= 4 is 62.1 Å². The van der Waals surface area contributed by atoms with Gasteiger partial charge in [-0.1, -0.05) is 60.7 Å². The monoisotopic (exact) mass is 957 g/mol. The molecular formula is C46H43F4N9O6S2. The Morgan fingerprint density at radius 2 is 1.66 bits per heavy atom. The number of aryl methyl sites for hydroxylation is 1. The summed E-state index contributed by atoms with van der Waals surface area (Å²) in [6.45, 7) is 1.16. The van der Waals surface area contributed by atoms with Gasteiger partial charge in [0, 0.05) is 71.8 Å². The van der Waals surface area contributed by atoms with Crippen LogP contribution in [-0.4, -0.2) is 83.7 Å². The first-order valence-electron chi connectivity index (χ1n) is 20.8. The van der Waals surface area contributed by atoms with Crippen LogP contribution in [0.1, 0.15) is 44.6 Å². The van der Waals surface area contributed by atoms with Crippen molar-refractivity contribution in [1.82, 2.24) is 25.9 Å². The van der Waals surface area contributed by atoms with Crippen molar-refractivity contribution in [2.24, 2.45) is 10.2 Å². The number of nitrogens with zero attached hydrogens (tertiary/aromatic N) is 5. The molecule has 0 aliphatic carbocycles. The minimum absolute atomic E-state index is 0.108. The van der Waals surface area contributed by atoms with Crippen LogP contribution in [0.3, 0.4) is 0 Å². The van der Waals surface area contributed by atoms with Crippen LogP contribution in [0.5, 0.6) is 5.75 Å². The first-order valence-corrected chi connectivity index (χ1v) is 22.5. The second-order valence-electron chi connectivity index (χ2n) is 14.6. The lowest BCUT2D eigenvalue weighted by molar-refractivity contribution is -0.140. The largest absolute Gasteiger partial charge is 0.489 e. The number of carbonyl (C=O) groups excluding carboxylic acids is 3. The Kier molecular flexibility index (Phi) is 16.5. The van der Waals surface area contributed by atoms with Crippen molar-refractivity contribution in [3.05, 3.63) is 147 Å². The number of aliphatic hydroxyl groups is 1. The maximum atomic E-state index is 13.7. The van der Waals surface area contributed by atoms with Gasteiger partial charge in [0.2, 0.25) is 16.2 Å². The number of hydrazone groups is 2. The van der Waals surface area contributed by atoms with Gasteiger partial charge in [0.05, 0.1) is 31.1 Å². The number of hydrogen-bond donors (Lipinski definition) is 5. The number of alkyl halides is 3. The SMILES string of the molecule is O=C(CCc1ccc(OCc2ccc(F)c(C(F)(F)F)c2)c(CNCCO)c1)NCCOCCNC(=O)c1ccc(-c2csc(N3N=C(c4ccccc4)/C(=N\Nc4nccs4)C3=O)n2)cc1. The maximum absolute atomic E-state index is 13.7. The summed E-state index contributed by atoms with van der Waals surface area (Å²) in [6.07, 6.45) is -2.65. The van der Waals surface area contributed by atoms with Crippen LogP contribution in [0.4, 0.5) is 27.8 Å². The number of anilines is 2. The van der Waals surface area contributed by atoms with E-state index in [2.05, 4.69) is 41.5 Å². The topological polar surface area (TPSA) is 192 Å². The highest BCUT2D eigenvalue weighted by atomic mass is 32.1. The van der Waals surface area contributed by atoms with Crippen LogP contribution in [-0.2, 0) is 40.1 Å². The lowest BCUT2D eigenvalue weighted by atomic mass is 10.0. The van der Waals surface area contributed by atoms with Crippen LogP contribution in [0.2, 0.25) is 0 Å². The number of nitrogens with one attached hydrogen (secondary N) is 4. The Bertz CT molecular complexity index is 2700. The van der Waals surface area contributed by atoms with Crippen molar-refractivity contribution in [3.63, 3.8) is 0 Å². The predicted octanol–water partition coefficient (Wildman–Crippen LogP) is 6.80. The van der Waals surface area contributed by atoms with Crippen molar-refractivity contribution < 1.29 is 46.5 Å². The number of halogens is 4. The van der Waals surface area contributed by atoms with E-state index < -0.39 is 23.5 Å². The average molecular weight is 958 g/mol. The number of ether oxygens (including phenoxy) is 2. The highest BCUT2D eigenvalue weighted by Crippen LogP contribution is 2.33. The fourth-order valence-electron chi connectivity index (χ4n) is 6.54. The van der Waals surface area contributed by atoms with E-state index >= 15 is 0 Å². The van der Waals surface area contributed by atoms with Gasteiger partial charge >= 0.3 is 12.1 Å². The molecule has 3 amide bonds. The summed E-state index contributed by atoms with van der Waals surface area (Å²) in [7, 11) is 0. The first kappa shape index (κ1) is 48.0. The summed E-state index contributed by atoms with van der Waals surface area (Å²) in [5.74, 6) is -1.93. The molecule has 1 aliphatic rings. The number of hydrogen-bond acceptors (Lipinski definition) is 14. The van der Waals surface area contributed by atoms with Crippen molar-refractivity contribution in [1.29, 1.82) is 0 Å². The zero-order valence-corrected chi connectivity index (χ0v) is 37.1. The molecule has 21 heteroatoms. The molecule has 7 rings (SSSR count). The van der Waals surface area contributed by atoms with Crippen LogP contribution in [0, 0.1) is 5.82 Å². The molecule has 0 saturated carbocycles. The molecule has 0 saturated heterocycles. The van der Waals surface area contributed by atoms with Crippen LogP contribution < -0.4 is 31.1 Å². The molecule has 0 spiro atoms. The van der Waals surface area contributed by atoms with E-state index in [9.17, 15) is 37.1 Å². The number of aromatic nitrogens is 2. The van der Waals surface area contributed by atoms with Gasteiger partial charge in [-0.2, -0.15) is 28.4 Å². The molecule has 3 heterocycles. The Morgan fingerprint density at radius 1 is 0.881 bits per heavy atom. The molecule has 4 aromatic carbocycles. The molecule has 0 unspecified atom stereocenters. The molecular weight excluding hydrogens is 915 g/mol. The van der Waals surface area contributed by atoms with E-state index in [1.54, 1.807) is 53.4 Å². The molecule has 15 nitrogen and oxygen atoms in total. The summed E-state index contributed by atoms with van der Waals surface area (Å²) < 4.78 is 64.7. The highest BCUT2D eigenvalue weighted by Gasteiger charge is 2.36. The highest BCUT2D eigenvalue weighted by molar-refractivity contribution is 7.14. The van der Waals surface area contributed by atoms with E-state index in [1.165, 1.54) is 33.7 Å². The Hall–Kier alpha value is -6.91. The molecule has 2 aromatic heterocycles. The molecule has 0 atom stereocenters. The van der Waals surface area contributed by atoms with Crippen molar-refractivity contribution in [2.75, 3.05) is 49.9 Å². The summed E-state index contributed by atoms with van der Waals surface area (Å²) >= 11 is 2.59. The molecule has 5 N–H and O–H groups in total. The lowest BCUT2D eigenvalue weighted by Gasteiger charge is -2.15. The Morgan fingerprint density at radius 3 is 2.40 bits per heavy atom. The average Bonchev–Trinajstić information content (AvgIpc) is 4.11. The quantitative estimate of drug-likeness (QED) is 0.0275. The van der Waals surface area contributed by atoms with Crippen molar-refractivity contribution in [3.8, 4) is 17.0 Å². The molecule has 348 valence electrons. The first-order chi connectivity index (χ1) is 32.5. The van der Waals surface area contributed by atoms with Crippen LogP contribution in [0.25, 0.3) is 11.3 Å². The number of aliphatic hydroxyl groups excluding tert-OH is 1. The van der Waals surface area contributed by atoms with Gasteiger partial charge in [0.15, 0.2) is 5.71 Å². The molecule has 6 aromatic rings. The standard InChI is InChI=1S/C46H43F4N9O6S2/c47-36-13-6-30(25-35(36)46(48,49)50)27-65-38-14-7-29(24-34(38)26-51-16-20-60)8-15-39(61)52-17-21-64-22-18-53-42(62)33-11-9-31(10-12-33)37-28-67-45(55-37)59-43(63)41(56-57-44-54-19-23-66-44)40(58-59)32-4-2-1-3-5-32/h1-7,9-14,19,23-25,28,51,60H,8,15-18,20-22,26-27H2,(H,52,61)(H,53,62)(H,54,57)/b56-41+. The summed E-state index contributed by atoms with van der Waals surface area (Å²) in [5.41, 5.74) is 6.06. The summed E-state index contributed by atoms with van der Waals surface area (Å²) in [5, 5.41) is 32.5. The van der Waals surface area contributed by atoms with Gasteiger partial charge in [-0.25, -0.2) is 14.4 Å². The third kappa shape index (κ3) is 13.1. The molecule has 0 fully saturated rings. The second-order valence-corrected chi connectivity index (χ2v) is 16.3. The zero-order valence-electron chi connectivity index (χ0n) is 35.5. The van der Waals surface area contributed by atoms with E-state index in [4.69, 9.17) is 9.47 Å². The van der Waals surface area contributed by atoms with Gasteiger partial charge in [-0.15, -0.1) is 22.7 Å². The fraction of sp³-hybridized carbons (Fsp3) is 0.239. The summed E-state index contributed by atoms with van der Waals surface area (Å²) in [4.78, 5) is 47.8. The smallest absolute Gasteiger partial charge is 0.419 e. The minimum atomic E-state index is -4.84. The second kappa shape index (κ2) is 23.0. The van der Waals surface area contributed by atoms with Gasteiger partial charge in [0.1, 0.15) is 23.9 Å². The van der Waals surface area contributed by atoms with E-state index in [-0.39, 0.29) is 75.6 Å². The number of thiazole rings is 2.